The zero-order valence-corrected chi connectivity index (χ0v) is 19.9. The van der Waals surface area contributed by atoms with Gasteiger partial charge in [0.25, 0.3) is 0 Å². The molecule has 28 heavy (non-hydrogen) atoms. The third kappa shape index (κ3) is 8.55. The molecular formula is C20H32FIN4OS. The number of nitrogens with one attached hydrogen (secondary N) is 2. The van der Waals surface area contributed by atoms with Gasteiger partial charge in [0.2, 0.25) is 5.91 Å². The average molecular weight is 522 g/mol. The van der Waals surface area contributed by atoms with Crippen LogP contribution in [0.2, 0.25) is 0 Å². The molecule has 1 aliphatic heterocycles. The Labute approximate surface area is 189 Å². The monoisotopic (exact) mass is 522 g/mol. The number of halogens is 2. The number of benzene rings is 1. The van der Waals surface area contributed by atoms with Crippen LogP contribution in [0.3, 0.4) is 0 Å². The summed E-state index contributed by atoms with van der Waals surface area (Å²) >= 11 is 1.72. The van der Waals surface area contributed by atoms with E-state index in [2.05, 4.69) is 22.5 Å². The minimum atomic E-state index is -0.199. The Morgan fingerprint density at radius 3 is 2.61 bits per heavy atom. The topological polar surface area (TPSA) is 56.7 Å². The number of amides is 1. The molecular weight excluding hydrogens is 490 g/mol. The lowest BCUT2D eigenvalue weighted by atomic mass is 10.1. The van der Waals surface area contributed by atoms with Crippen LogP contribution in [-0.4, -0.2) is 55.2 Å². The van der Waals surface area contributed by atoms with Crippen molar-refractivity contribution in [2.24, 2.45) is 4.99 Å². The highest BCUT2D eigenvalue weighted by Gasteiger charge is 2.26. The second kappa shape index (κ2) is 14.0. The van der Waals surface area contributed by atoms with Crippen LogP contribution in [-0.2, 0) is 4.79 Å². The highest BCUT2D eigenvalue weighted by atomic mass is 127. The second-order valence-corrected chi connectivity index (χ2v) is 7.79. The third-order valence-corrected chi connectivity index (χ3v) is 5.81. The van der Waals surface area contributed by atoms with E-state index in [1.165, 1.54) is 12.1 Å². The van der Waals surface area contributed by atoms with Gasteiger partial charge < -0.3 is 15.5 Å². The molecule has 0 aliphatic carbocycles. The maximum absolute atomic E-state index is 12.9. The Hall–Kier alpha value is -1.03. The summed E-state index contributed by atoms with van der Waals surface area (Å²) in [6, 6.07) is 6.92. The molecule has 1 unspecified atom stereocenters. The molecule has 158 valence electrons. The molecule has 5 nitrogen and oxygen atoms in total. The molecule has 0 spiro atoms. The van der Waals surface area contributed by atoms with Gasteiger partial charge >= 0.3 is 0 Å². The maximum atomic E-state index is 12.9. The lowest BCUT2D eigenvalue weighted by Crippen LogP contribution is -2.42. The van der Waals surface area contributed by atoms with Gasteiger partial charge in [0.05, 0.1) is 0 Å². The highest BCUT2D eigenvalue weighted by Crippen LogP contribution is 2.19. The summed E-state index contributed by atoms with van der Waals surface area (Å²) in [6.45, 7) is 4.67. The van der Waals surface area contributed by atoms with Crippen LogP contribution in [0, 0.1) is 5.82 Å². The molecule has 0 saturated carbocycles. The van der Waals surface area contributed by atoms with Gasteiger partial charge in [-0.1, -0.05) is 6.92 Å². The molecule has 1 fully saturated rings. The van der Waals surface area contributed by atoms with Crippen molar-refractivity contribution in [3.63, 3.8) is 0 Å². The van der Waals surface area contributed by atoms with E-state index in [0.717, 1.165) is 61.9 Å². The van der Waals surface area contributed by atoms with E-state index in [-0.39, 0.29) is 29.8 Å². The number of nitrogens with zero attached hydrogens (tertiary/aromatic N) is 2. The molecule has 0 radical (unpaired) electrons. The van der Waals surface area contributed by atoms with Crippen LogP contribution in [0.4, 0.5) is 4.39 Å². The van der Waals surface area contributed by atoms with Gasteiger partial charge in [-0.3, -0.25) is 9.79 Å². The minimum absolute atomic E-state index is 0. The summed E-state index contributed by atoms with van der Waals surface area (Å²) in [7, 11) is 1.77. The number of likely N-dealkylation sites (tertiary alicyclic amines) is 1. The minimum Gasteiger partial charge on any atom is -0.356 e. The molecule has 2 rings (SSSR count). The Bertz CT molecular complexity index is 615. The first-order valence-corrected chi connectivity index (χ1v) is 10.7. The quantitative estimate of drug-likeness (QED) is 0.161. The second-order valence-electron chi connectivity index (χ2n) is 6.62. The fourth-order valence-electron chi connectivity index (χ4n) is 3.21. The predicted octanol–water partition coefficient (Wildman–Crippen LogP) is 3.88. The molecule has 1 aromatic rings. The Kier molecular flexibility index (Phi) is 12.5. The third-order valence-electron chi connectivity index (χ3n) is 4.71. The average Bonchev–Trinajstić information content (AvgIpc) is 3.10. The molecule has 0 aromatic heterocycles. The zero-order valence-electron chi connectivity index (χ0n) is 16.7. The van der Waals surface area contributed by atoms with Crippen LogP contribution < -0.4 is 10.6 Å². The molecule has 1 aliphatic rings. The van der Waals surface area contributed by atoms with Gasteiger partial charge in [-0.15, -0.1) is 35.7 Å². The molecule has 1 amide bonds. The number of guanidine groups is 1. The van der Waals surface area contributed by atoms with Gasteiger partial charge in [0, 0.05) is 44.0 Å². The number of carbonyl (C=O) groups is 1. The van der Waals surface area contributed by atoms with Crippen LogP contribution in [0.5, 0.6) is 0 Å². The molecule has 8 heteroatoms. The predicted molar refractivity (Wildman–Crippen MR) is 126 cm³/mol. The lowest BCUT2D eigenvalue weighted by Gasteiger charge is -2.27. The molecule has 1 heterocycles. The van der Waals surface area contributed by atoms with Crippen molar-refractivity contribution in [2.45, 2.75) is 50.0 Å². The fraction of sp³-hybridized carbons (Fsp3) is 0.600. The normalized spacial score (nSPS) is 15.3. The summed E-state index contributed by atoms with van der Waals surface area (Å²) in [5, 5.41) is 6.66. The van der Waals surface area contributed by atoms with Gasteiger partial charge in [0.1, 0.15) is 5.82 Å². The smallest absolute Gasteiger partial charge is 0.222 e. The van der Waals surface area contributed by atoms with E-state index >= 15 is 0 Å². The number of hydrogen-bond donors (Lipinski definition) is 2. The first-order chi connectivity index (χ1) is 13.1. The van der Waals surface area contributed by atoms with E-state index < -0.39 is 0 Å². The first-order valence-electron chi connectivity index (χ1n) is 9.76. The molecule has 1 aromatic carbocycles. The van der Waals surface area contributed by atoms with E-state index in [0.29, 0.717) is 18.4 Å². The van der Waals surface area contributed by atoms with Crippen LogP contribution >= 0.6 is 35.7 Å². The summed E-state index contributed by atoms with van der Waals surface area (Å²) < 4.78 is 12.9. The largest absolute Gasteiger partial charge is 0.356 e. The standard InChI is InChI=1S/C20H31FN4OS.HI/c1-3-17(25-14-4-6-19(25)26)11-13-24-20(22-2)23-12-5-15-27-18-9-7-16(21)8-10-18;/h7-10,17H,3-6,11-15H2,1-2H3,(H2,22,23,24);1H. The number of aliphatic imine (C=N–C) groups is 1. The summed E-state index contributed by atoms with van der Waals surface area (Å²) in [6.07, 6.45) is 4.59. The first kappa shape index (κ1) is 25.0. The van der Waals surface area contributed by atoms with Gasteiger partial charge in [-0.25, -0.2) is 4.39 Å². The highest BCUT2D eigenvalue weighted by molar-refractivity contribution is 14.0. The van der Waals surface area contributed by atoms with Crippen LogP contribution in [0.25, 0.3) is 0 Å². The van der Waals surface area contributed by atoms with E-state index in [9.17, 15) is 9.18 Å². The van der Waals surface area contributed by atoms with Crippen molar-refractivity contribution in [1.29, 1.82) is 0 Å². The van der Waals surface area contributed by atoms with E-state index in [1.54, 1.807) is 18.8 Å². The Morgan fingerprint density at radius 1 is 1.29 bits per heavy atom. The summed E-state index contributed by atoms with van der Waals surface area (Å²) in [5.41, 5.74) is 0. The zero-order chi connectivity index (χ0) is 19.5. The van der Waals surface area contributed by atoms with Crippen LogP contribution in [0.15, 0.2) is 34.2 Å². The van der Waals surface area contributed by atoms with Crippen molar-refractivity contribution in [3.05, 3.63) is 30.1 Å². The maximum Gasteiger partial charge on any atom is 0.222 e. The van der Waals surface area contributed by atoms with Crippen molar-refractivity contribution in [1.82, 2.24) is 15.5 Å². The van der Waals surface area contributed by atoms with E-state index in [4.69, 9.17) is 0 Å². The van der Waals surface area contributed by atoms with Gasteiger partial charge in [0.15, 0.2) is 5.96 Å². The van der Waals surface area contributed by atoms with Crippen molar-refractivity contribution in [3.8, 4) is 0 Å². The van der Waals surface area contributed by atoms with Gasteiger partial charge in [-0.2, -0.15) is 0 Å². The van der Waals surface area contributed by atoms with Gasteiger partial charge in [-0.05, 0) is 55.7 Å². The molecule has 0 bridgehead atoms. The van der Waals surface area contributed by atoms with Crippen molar-refractivity contribution >= 4 is 47.6 Å². The fourth-order valence-corrected chi connectivity index (χ4v) is 4.07. The van der Waals surface area contributed by atoms with Crippen molar-refractivity contribution < 1.29 is 9.18 Å². The summed E-state index contributed by atoms with van der Waals surface area (Å²) in [4.78, 5) is 19.3. The Balaban J connectivity index is 0.00000392. The number of thioether (sulfide) groups is 1. The molecule has 1 saturated heterocycles. The molecule has 1 atom stereocenters. The molecule has 2 N–H and O–H groups in total. The SMILES string of the molecule is CCC(CCNC(=NC)NCCCSc1ccc(F)cc1)N1CCCC1=O.I. The number of hydrogen-bond acceptors (Lipinski definition) is 3. The van der Waals surface area contributed by atoms with Crippen LogP contribution in [0.1, 0.15) is 39.0 Å². The summed E-state index contributed by atoms with van der Waals surface area (Å²) in [5.74, 6) is 1.85. The number of rotatable bonds is 10. The lowest BCUT2D eigenvalue weighted by molar-refractivity contribution is -0.129. The Morgan fingerprint density at radius 2 is 2.00 bits per heavy atom. The van der Waals surface area contributed by atoms with Crippen molar-refractivity contribution in [2.75, 3.05) is 32.4 Å². The van der Waals surface area contributed by atoms with E-state index in [1.807, 2.05) is 17.0 Å². The number of carbonyl (C=O) groups excluding carboxylic acids is 1.